The van der Waals surface area contributed by atoms with E-state index in [4.69, 9.17) is 24.1 Å². The number of nitrogens with two attached hydrogens (primary N) is 1. The number of carbonyl (C=O) groups excluding carboxylic acids is 1. The van der Waals surface area contributed by atoms with E-state index in [1.165, 1.54) is 70.6 Å². The highest BCUT2D eigenvalue weighted by atomic mass is 32.2. The van der Waals surface area contributed by atoms with Gasteiger partial charge in [-0.25, -0.2) is 4.79 Å². The Kier molecular flexibility index (Phi) is 20.1. The van der Waals surface area contributed by atoms with Gasteiger partial charge in [0.25, 0.3) is 10.1 Å². The second-order valence-corrected chi connectivity index (χ2v) is 14.3. The summed E-state index contributed by atoms with van der Waals surface area (Å²) >= 11 is 0. The molecule has 0 aliphatic rings. The number of ether oxygens (including phenoxy) is 3. The van der Waals surface area contributed by atoms with Crippen molar-refractivity contribution in [3.63, 3.8) is 0 Å². The molecule has 1 aromatic carbocycles. The minimum Gasteiger partial charge on any atom is -0.441 e. The zero-order chi connectivity index (χ0) is 32.1. The van der Waals surface area contributed by atoms with Gasteiger partial charge in [-0.15, -0.1) is 0 Å². The number of rotatable bonds is 26. The normalized spacial score (nSPS) is 14.9. The lowest BCUT2D eigenvalue weighted by molar-refractivity contribution is -0.160. The number of hydrogen-bond acceptors (Lipinski definition) is 7. The standard InChI is InChI=1S/C34H61NO7S/c1-7-8-9-10-11-12-13-14-15-16-17-18-19-20-31(32(39-5)34(4,25-28(2)3)42-33(35)36)40-26-29-21-23-30(24-22-29)27-41-43(6,37)38/h21-24,28,31-32H,7-20,25-27H2,1-6H3,(H2,35,36). The maximum absolute atomic E-state index is 11.9. The molecule has 0 fully saturated rings. The van der Waals surface area contributed by atoms with Crippen LogP contribution in [0.2, 0.25) is 0 Å². The minimum absolute atomic E-state index is 0.00853. The first kappa shape index (κ1) is 39.3. The van der Waals surface area contributed by atoms with E-state index in [2.05, 4.69) is 20.8 Å². The van der Waals surface area contributed by atoms with Crippen LogP contribution >= 0.6 is 0 Å². The molecule has 0 heterocycles. The summed E-state index contributed by atoms with van der Waals surface area (Å²) < 4.78 is 45.6. The summed E-state index contributed by atoms with van der Waals surface area (Å²) in [6.07, 6.45) is 17.4. The fourth-order valence-electron chi connectivity index (χ4n) is 5.85. The summed E-state index contributed by atoms with van der Waals surface area (Å²) in [5, 5.41) is 0. The number of benzene rings is 1. The molecule has 0 spiro atoms. The summed E-state index contributed by atoms with van der Waals surface area (Å²) in [6, 6.07) is 7.47. The van der Waals surface area contributed by atoms with Gasteiger partial charge in [0.1, 0.15) is 11.7 Å². The Morgan fingerprint density at radius 1 is 0.837 bits per heavy atom. The fourth-order valence-corrected chi connectivity index (χ4v) is 6.20. The van der Waals surface area contributed by atoms with Crippen molar-refractivity contribution >= 4 is 16.2 Å². The molecule has 9 heteroatoms. The Bertz CT molecular complexity index is 967. The number of unbranched alkanes of at least 4 members (excludes halogenated alkanes) is 12. The van der Waals surface area contributed by atoms with Gasteiger partial charge in [-0.05, 0) is 36.8 Å². The second kappa shape index (κ2) is 21.9. The first-order valence-electron chi connectivity index (χ1n) is 16.4. The molecule has 0 aliphatic heterocycles. The van der Waals surface area contributed by atoms with Crippen LogP contribution in [0.25, 0.3) is 0 Å². The molecule has 0 aromatic heterocycles. The van der Waals surface area contributed by atoms with Crippen LogP contribution in [-0.4, -0.2) is 45.7 Å². The number of primary amides is 1. The van der Waals surface area contributed by atoms with E-state index in [-0.39, 0.29) is 18.6 Å². The van der Waals surface area contributed by atoms with Crippen molar-refractivity contribution in [1.82, 2.24) is 0 Å². The Balaban J connectivity index is 2.73. The smallest absolute Gasteiger partial charge is 0.405 e. The van der Waals surface area contributed by atoms with Crippen LogP contribution in [0.5, 0.6) is 0 Å². The van der Waals surface area contributed by atoms with E-state index in [1.54, 1.807) is 7.11 Å². The van der Waals surface area contributed by atoms with Gasteiger partial charge in [0.05, 0.1) is 25.6 Å². The van der Waals surface area contributed by atoms with Crippen LogP contribution in [0.15, 0.2) is 24.3 Å². The summed E-state index contributed by atoms with van der Waals surface area (Å²) in [5.41, 5.74) is 6.25. The van der Waals surface area contributed by atoms with Gasteiger partial charge in [0.15, 0.2) is 0 Å². The van der Waals surface area contributed by atoms with Crippen LogP contribution in [0.1, 0.15) is 135 Å². The quantitative estimate of drug-likeness (QED) is 0.0809. The van der Waals surface area contributed by atoms with Gasteiger partial charge in [-0.2, -0.15) is 8.42 Å². The molecule has 0 aliphatic carbocycles. The molecule has 0 radical (unpaired) electrons. The summed E-state index contributed by atoms with van der Waals surface area (Å²) in [6.45, 7) is 8.62. The zero-order valence-electron chi connectivity index (χ0n) is 27.9. The molecule has 1 aromatic rings. The molecule has 0 bridgehead atoms. The van der Waals surface area contributed by atoms with Crippen molar-refractivity contribution in [2.24, 2.45) is 11.7 Å². The van der Waals surface area contributed by atoms with E-state index in [0.717, 1.165) is 36.6 Å². The van der Waals surface area contributed by atoms with E-state index < -0.39 is 27.9 Å². The van der Waals surface area contributed by atoms with Gasteiger partial charge in [-0.3, -0.25) is 4.18 Å². The van der Waals surface area contributed by atoms with Crippen LogP contribution in [0, 0.1) is 5.92 Å². The maximum Gasteiger partial charge on any atom is 0.405 e. The molecule has 1 rings (SSSR count). The van der Waals surface area contributed by atoms with Crippen molar-refractivity contribution in [3.05, 3.63) is 35.4 Å². The molecule has 250 valence electrons. The predicted molar refractivity (Wildman–Crippen MR) is 174 cm³/mol. The topological polar surface area (TPSA) is 114 Å². The number of hydrogen-bond donors (Lipinski definition) is 1. The molecule has 3 atom stereocenters. The SMILES string of the molecule is CCCCCCCCCCCCCCCC(OCc1ccc(COS(C)(=O)=O)cc1)C(OC)C(C)(CC(C)C)OC(N)=O. The third-order valence-corrected chi connectivity index (χ3v) is 8.41. The molecule has 8 nitrogen and oxygen atoms in total. The molecule has 0 saturated carbocycles. The maximum atomic E-state index is 11.9. The average Bonchev–Trinajstić information content (AvgIpc) is 2.92. The summed E-state index contributed by atoms with van der Waals surface area (Å²) in [5.74, 6) is 0.251. The van der Waals surface area contributed by atoms with Crippen molar-refractivity contribution in [2.75, 3.05) is 13.4 Å². The lowest BCUT2D eigenvalue weighted by atomic mass is 9.84. The van der Waals surface area contributed by atoms with E-state index >= 15 is 0 Å². The predicted octanol–water partition coefficient (Wildman–Crippen LogP) is 8.44. The highest BCUT2D eigenvalue weighted by Crippen LogP contribution is 2.32. The molecule has 0 saturated heterocycles. The molecule has 3 unspecified atom stereocenters. The first-order valence-corrected chi connectivity index (χ1v) is 18.3. The van der Waals surface area contributed by atoms with Crippen molar-refractivity contribution < 1.29 is 31.6 Å². The average molecular weight is 628 g/mol. The van der Waals surface area contributed by atoms with Gasteiger partial charge in [0.2, 0.25) is 0 Å². The second-order valence-electron chi connectivity index (χ2n) is 12.7. The molecule has 2 N–H and O–H groups in total. The monoisotopic (exact) mass is 627 g/mol. The number of amides is 1. The van der Waals surface area contributed by atoms with E-state index in [0.29, 0.717) is 13.0 Å². The van der Waals surface area contributed by atoms with Gasteiger partial charge < -0.3 is 19.9 Å². The van der Waals surface area contributed by atoms with Crippen LogP contribution in [0.3, 0.4) is 0 Å². The van der Waals surface area contributed by atoms with Gasteiger partial charge >= 0.3 is 6.09 Å². The highest BCUT2D eigenvalue weighted by Gasteiger charge is 2.43. The summed E-state index contributed by atoms with van der Waals surface area (Å²) in [7, 11) is -1.88. The lowest BCUT2D eigenvalue weighted by Gasteiger charge is -2.41. The van der Waals surface area contributed by atoms with Crippen molar-refractivity contribution in [2.45, 2.75) is 155 Å². The van der Waals surface area contributed by atoms with Gasteiger partial charge in [0, 0.05) is 7.11 Å². The Hall–Kier alpha value is -1.68. The van der Waals surface area contributed by atoms with Crippen LogP contribution < -0.4 is 5.73 Å². The van der Waals surface area contributed by atoms with Crippen LogP contribution in [0.4, 0.5) is 4.79 Å². The minimum atomic E-state index is -3.51. The first-order chi connectivity index (χ1) is 20.4. The van der Waals surface area contributed by atoms with Gasteiger partial charge in [-0.1, -0.05) is 129 Å². The third kappa shape index (κ3) is 18.7. The number of methoxy groups -OCH3 is 1. The number of carbonyl (C=O) groups is 1. The summed E-state index contributed by atoms with van der Waals surface area (Å²) in [4.78, 5) is 11.9. The van der Waals surface area contributed by atoms with E-state index in [9.17, 15) is 13.2 Å². The molecule has 43 heavy (non-hydrogen) atoms. The van der Waals surface area contributed by atoms with Crippen LogP contribution in [-0.2, 0) is 41.7 Å². The molecule has 1 amide bonds. The van der Waals surface area contributed by atoms with Crippen molar-refractivity contribution in [3.8, 4) is 0 Å². The Labute approximate surface area is 262 Å². The zero-order valence-corrected chi connectivity index (χ0v) is 28.7. The fraction of sp³-hybridized carbons (Fsp3) is 0.794. The highest BCUT2D eigenvalue weighted by molar-refractivity contribution is 7.85. The van der Waals surface area contributed by atoms with Crippen molar-refractivity contribution in [1.29, 1.82) is 0 Å². The molecular weight excluding hydrogens is 566 g/mol. The third-order valence-electron chi connectivity index (χ3n) is 7.86. The largest absolute Gasteiger partial charge is 0.441 e. The Morgan fingerprint density at radius 2 is 1.30 bits per heavy atom. The lowest BCUT2D eigenvalue weighted by Crippen LogP contribution is -2.53. The Morgan fingerprint density at radius 3 is 1.72 bits per heavy atom. The molecular formula is C34H61NO7S. The van der Waals surface area contributed by atoms with E-state index in [1.807, 2.05) is 31.2 Å².